The van der Waals surface area contributed by atoms with Crippen LogP contribution >= 0.6 is 0 Å². The number of fused-ring (bicyclic) bond motifs is 12. The summed E-state index contributed by atoms with van der Waals surface area (Å²) in [5.41, 5.74) is 16.9. The summed E-state index contributed by atoms with van der Waals surface area (Å²) in [6.07, 6.45) is 0.908. The van der Waals surface area contributed by atoms with Crippen molar-refractivity contribution in [3.8, 4) is 39.1 Å². The Morgan fingerprint density at radius 3 is 1.40 bits per heavy atom. The lowest BCUT2D eigenvalue weighted by Crippen LogP contribution is -1.95. The largest absolute Gasteiger partial charge is 0.309 e. The number of rotatable bonds is 3. The summed E-state index contributed by atoms with van der Waals surface area (Å²) in [6.45, 7) is 4.37. The van der Waals surface area contributed by atoms with Crippen LogP contribution in [-0.2, 0) is 6.42 Å². The van der Waals surface area contributed by atoms with Crippen LogP contribution in [-0.4, -0.2) is 4.57 Å². The number of hydrogen-bond donors (Lipinski definition) is 0. The second-order valence-corrected chi connectivity index (χ2v) is 14.6. The van der Waals surface area contributed by atoms with E-state index in [0.717, 1.165) is 6.42 Å². The van der Waals surface area contributed by atoms with Crippen LogP contribution < -0.4 is 0 Å². The number of nitrogens with zero attached hydrogens (tertiary/aromatic N) is 1. The van der Waals surface area contributed by atoms with Crippen molar-refractivity contribution < 1.29 is 0 Å². The van der Waals surface area contributed by atoms with E-state index < -0.39 is 0 Å². The number of aromatic nitrogens is 1. The van der Waals surface area contributed by atoms with E-state index in [4.69, 9.17) is 0 Å². The highest BCUT2D eigenvalue weighted by Gasteiger charge is 2.25. The van der Waals surface area contributed by atoms with Gasteiger partial charge in [-0.05, 0) is 140 Å². The van der Waals surface area contributed by atoms with Crippen LogP contribution in [0.2, 0.25) is 0 Å². The normalized spacial score (nSPS) is 12.3. The zero-order chi connectivity index (χ0) is 34.5. The van der Waals surface area contributed by atoms with E-state index in [1.165, 1.54) is 115 Å². The molecule has 0 amide bonds. The lowest BCUT2D eigenvalue weighted by Gasteiger charge is -2.14. The van der Waals surface area contributed by atoms with Gasteiger partial charge in [0.05, 0.1) is 11.0 Å². The summed E-state index contributed by atoms with van der Waals surface area (Å²) >= 11 is 0. The quantitative estimate of drug-likeness (QED) is 0.166. The number of benzene rings is 9. The minimum Gasteiger partial charge on any atom is -0.309 e. The van der Waals surface area contributed by atoms with Crippen LogP contribution in [0.4, 0.5) is 0 Å². The molecule has 0 saturated heterocycles. The molecule has 0 N–H and O–H groups in total. The average molecular weight is 662 g/mol. The van der Waals surface area contributed by atoms with Gasteiger partial charge in [0.15, 0.2) is 0 Å². The van der Waals surface area contributed by atoms with Gasteiger partial charge in [0.25, 0.3) is 0 Å². The molecule has 1 heteroatoms. The van der Waals surface area contributed by atoms with Crippen molar-refractivity contribution in [2.24, 2.45) is 0 Å². The van der Waals surface area contributed by atoms with Crippen LogP contribution in [0.15, 0.2) is 164 Å². The summed E-state index contributed by atoms with van der Waals surface area (Å²) in [4.78, 5) is 0. The number of aryl methyl sites for hydroxylation is 2. The summed E-state index contributed by atoms with van der Waals surface area (Å²) < 4.78 is 2.44. The Kier molecular flexibility index (Phi) is 6.22. The molecule has 0 aliphatic heterocycles. The summed E-state index contributed by atoms with van der Waals surface area (Å²) in [5.74, 6) is 0. The molecule has 244 valence electrons. The van der Waals surface area contributed by atoms with Crippen LogP contribution in [0.1, 0.15) is 22.3 Å². The van der Waals surface area contributed by atoms with Crippen LogP contribution in [0.25, 0.3) is 93.2 Å². The smallest absolute Gasteiger partial charge is 0.0541 e. The van der Waals surface area contributed by atoms with E-state index in [2.05, 4.69) is 182 Å². The van der Waals surface area contributed by atoms with E-state index in [1.807, 2.05) is 0 Å². The van der Waals surface area contributed by atoms with Crippen LogP contribution in [0.5, 0.6) is 0 Å². The van der Waals surface area contributed by atoms with Gasteiger partial charge in [-0.2, -0.15) is 0 Å². The fourth-order valence-electron chi connectivity index (χ4n) is 9.19. The van der Waals surface area contributed by atoms with Crippen molar-refractivity contribution in [1.29, 1.82) is 0 Å². The molecule has 1 aromatic heterocycles. The summed E-state index contributed by atoms with van der Waals surface area (Å²) in [7, 11) is 0. The first kappa shape index (κ1) is 29.3. The Bertz CT molecular complexity index is 3020. The third kappa shape index (κ3) is 4.23. The molecule has 9 aromatic carbocycles. The second-order valence-electron chi connectivity index (χ2n) is 14.6. The molecule has 1 aliphatic carbocycles. The molecule has 0 radical (unpaired) electrons. The SMILES string of the molecule is Cc1ccc2c(c1)c1cc(C)ccc1n2-c1cccc(-c2cccc3c2Cc2c(-c4ccc5c6ccccc6c6ccccc6c5c4)cccc2-3)c1. The van der Waals surface area contributed by atoms with E-state index in [-0.39, 0.29) is 0 Å². The van der Waals surface area contributed by atoms with E-state index in [0.29, 0.717) is 0 Å². The van der Waals surface area contributed by atoms with Gasteiger partial charge in [0.2, 0.25) is 0 Å². The first-order valence-corrected chi connectivity index (χ1v) is 18.3. The Balaban J connectivity index is 1.05. The average Bonchev–Trinajstić information content (AvgIpc) is 3.73. The summed E-state index contributed by atoms with van der Waals surface area (Å²) in [6, 6.07) is 61.4. The lowest BCUT2D eigenvalue weighted by molar-refractivity contribution is 1.18. The van der Waals surface area contributed by atoms with Crippen LogP contribution in [0.3, 0.4) is 0 Å². The molecule has 0 bridgehead atoms. The minimum atomic E-state index is 0.908. The lowest BCUT2D eigenvalue weighted by atomic mass is 9.90. The predicted octanol–water partition coefficient (Wildman–Crippen LogP) is 13.8. The van der Waals surface area contributed by atoms with Crippen molar-refractivity contribution in [1.82, 2.24) is 4.57 Å². The fraction of sp³-hybridized carbons (Fsp3) is 0.0588. The molecular formula is C51H35N. The maximum Gasteiger partial charge on any atom is 0.0541 e. The monoisotopic (exact) mass is 661 g/mol. The maximum absolute atomic E-state index is 2.44. The summed E-state index contributed by atoms with van der Waals surface area (Å²) in [5, 5.41) is 10.5. The molecule has 1 nitrogen and oxygen atoms in total. The molecule has 11 rings (SSSR count). The predicted molar refractivity (Wildman–Crippen MR) is 222 cm³/mol. The Morgan fingerprint density at radius 1 is 0.346 bits per heavy atom. The third-order valence-electron chi connectivity index (χ3n) is 11.5. The molecule has 0 spiro atoms. The third-order valence-corrected chi connectivity index (χ3v) is 11.5. The molecule has 52 heavy (non-hydrogen) atoms. The highest BCUT2D eigenvalue weighted by molar-refractivity contribution is 6.25. The Morgan fingerprint density at radius 2 is 0.827 bits per heavy atom. The number of hydrogen-bond acceptors (Lipinski definition) is 0. The molecule has 0 fully saturated rings. The highest BCUT2D eigenvalue weighted by Crippen LogP contribution is 2.46. The Hall–Kier alpha value is -6.44. The first-order chi connectivity index (χ1) is 25.6. The van der Waals surface area contributed by atoms with Gasteiger partial charge >= 0.3 is 0 Å². The zero-order valence-corrected chi connectivity index (χ0v) is 29.2. The van der Waals surface area contributed by atoms with Crippen molar-refractivity contribution in [2.45, 2.75) is 20.3 Å². The molecule has 0 saturated carbocycles. The minimum absolute atomic E-state index is 0.908. The van der Waals surface area contributed by atoms with E-state index in [9.17, 15) is 0 Å². The van der Waals surface area contributed by atoms with Gasteiger partial charge in [0, 0.05) is 16.5 Å². The zero-order valence-electron chi connectivity index (χ0n) is 29.2. The van der Waals surface area contributed by atoms with Gasteiger partial charge < -0.3 is 4.57 Å². The Labute approximate surface area is 303 Å². The standard InChI is InChI=1S/C51H35N/c1-31-20-24-50-48(26-31)49-27-32(2)21-25-51(49)52(50)35-11-7-10-33(28-35)36-16-8-18-42-43-19-9-17-37(47(43)30-46(36)42)34-22-23-44-40-14-4-3-12-38(40)39-13-5-6-15-41(39)45(44)29-34/h3-29H,30H2,1-2H3. The molecule has 0 unspecified atom stereocenters. The van der Waals surface area contributed by atoms with Crippen LogP contribution in [0, 0.1) is 13.8 Å². The van der Waals surface area contributed by atoms with E-state index >= 15 is 0 Å². The topological polar surface area (TPSA) is 4.93 Å². The maximum atomic E-state index is 2.44. The highest BCUT2D eigenvalue weighted by atomic mass is 15.0. The molecular weight excluding hydrogens is 627 g/mol. The van der Waals surface area contributed by atoms with Crippen molar-refractivity contribution in [3.63, 3.8) is 0 Å². The molecule has 1 aliphatic rings. The van der Waals surface area contributed by atoms with Gasteiger partial charge in [0.1, 0.15) is 0 Å². The van der Waals surface area contributed by atoms with Gasteiger partial charge in [-0.1, -0.05) is 132 Å². The molecule has 0 atom stereocenters. The second kappa shape index (κ2) is 11.0. The van der Waals surface area contributed by atoms with Crippen molar-refractivity contribution in [3.05, 3.63) is 186 Å². The first-order valence-electron chi connectivity index (χ1n) is 18.3. The molecule has 1 heterocycles. The van der Waals surface area contributed by atoms with Crippen molar-refractivity contribution >= 4 is 54.1 Å². The van der Waals surface area contributed by atoms with Crippen molar-refractivity contribution in [2.75, 3.05) is 0 Å². The van der Waals surface area contributed by atoms with Gasteiger partial charge in [-0.25, -0.2) is 0 Å². The fourth-order valence-corrected chi connectivity index (χ4v) is 9.19. The van der Waals surface area contributed by atoms with Gasteiger partial charge in [-0.3, -0.25) is 0 Å². The van der Waals surface area contributed by atoms with Gasteiger partial charge in [-0.15, -0.1) is 0 Å². The van der Waals surface area contributed by atoms with E-state index in [1.54, 1.807) is 0 Å². The molecule has 10 aromatic rings.